The monoisotopic (exact) mass is 517 g/mol. The number of carbonyl (C=O) groups is 2. The Balaban J connectivity index is 1.70. The summed E-state index contributed by atoms with van der Waals surface area (Å²) in [6.45, 7) is 1.76. The van der Waals surface area contributed by atoms with E-state index in [-0.39, 0.29) is 5.69 Å². The number of hydrogen-bond acceptors (Lipinski definition) is 5. The Labute approximate surface area is 203 Å². The number of rotatable bonds is 6. The molecule has 1 heterocycles. The third-order valence-corrected chi connectivity index (χ3v) is 5.64. The van der Waals surface area contributed by atoms with Gasteiger partial charge in [-0.1, -0.05) is 64.5 Å². The van der Waals surface area contributed by atoms with Crippen LogP contribution in [0.1, 0.15) is 34.6 Å². The highest BCUT2D eigenvalue weighted by Gasteiger charge is 2.27. The maximum atomic E-state index is 13.3. The standard InChI is InChI=1S/C25H20BrN5O3/c1-15(17-10-7-11-18(26)14-17)28-31-25(34)22(27-23(32)16-8-3-2-4-9-16)21-19-12-5-6-13-20(19)24(33)30-29-21/h2-14,22H,1H3,(H,27,32)(H,30,33)(H,31,34). The van der Waals surface area contributed by atoms with Gasteiger partial charge in [0.25, 0.3) is 17.4 Å². The topological polar surface area (TPSA) is 116 Å². The van der Waals surface area contributed by atoms with Gasteiger partial charge >= 0.3 is 0 Å². The van der Waals surface area contributed by atoms with E-state index in [1.807, 2.05) is 24.3 Å². The number of halogens is 1. The fraction of sp³-hybridized carbons (Fsp3) is 0.0800. The second-order valence-corrected chi connectivity index (χ2v) is 8.36. The van der Waals surface area contributed by atoms with Crippen LogP contribution in [0, 0.1) is 0 Å². The number of benzene rings is 3. The molecule has 3 aromatic carbocycles. The fourth-order valence-electron chi connectivity index (χ4n) is 3.40. The summed E-state index contributed by atoms with van der Waals surface area (Å²) in [4.78, 5) is 38.4. The number of aromatic amines is 1. The van der Waals surface area contributed by atoms with Crippen molar-refractivity contribution in [3.63, 3.8) is 0 Å². The first-order valence-corrected chi connectivity index (χ1v) is 11.2. The first-order valence-electron chi connectivity index (χ1n) is 10.4. The average molecular weight is 518 g/mol. The van der Waals surface area contributed by atoms with E-state index < -0.39 is 23.4 Å². The molecule has 9 heteroatoms. The van der Waals surface area contributed by atoms with Crippen molar-refractivity contribution in [3.05, 3.63) is 111 Å². The molecule has 4 rings (SSSR count). The highest BCUT2D eigenvalue weighted by Crippen LogP contribution is 2.20. The Morgan fingerprint density at radius 1 is 0.941 bits per heavy atom. The summed E-state index contributed by atoms with van der Waals surface area (Å²) in [5.74, 6) is -1.08. The molecule has 170 valence electrons. The normalized spacial score (nSPS) is 12.2. The van der Waals surface area contributed by atoms with E-state index in [4.69, 9.17) is 0 Å². The Morgan fingerprint density at radius 3 is 2.35 bits per heavy atom. The third kappa shape index (κ3) is 5.10. The molecule has 0 spiro atoms. The molecule has 1 unspecified atom stereocenters. The number of carbonyl (C=O) groups excluding carboxylic acids is 2. The highest BCUT2D eigenvalue weighted by molar-refractivity contribution is 9.10. The van der Waals surface area contributed by atoms with Crippen LogP contribution in [0.2, 0.25) is 0 Å². The highest BCUT2D eigenvalue weighted by atomic mass is 79.9. The summed E-state index contributed by atoms with van der Waals surface area (Å²) in [5.41, 5.74) is 4.09. The number of nitrogens with one attached hydrogen (secondary N) is 3. The fourth-order valence-corrected chi connectivity index (χ4v) is 3.80. The van der Waals surface area contributed by atoms with Gasteiger partial charge in [-0.15, -0.1) is 0 Å². The van der Waals surface area contributed by atoms with Crippen molar-refractivity contribution in [1.29, 1.82) is 0 Å². The number of hydrazone groups is 1. The maximum absolute atomic E-state index is 13.3. The van der Waals surface area contributed by atoms with Crippen LogP contribution in [0.3, 0.4) is 0 Å². The first-order chi connectivity index (χ1) is 16.4. The number of hydrogen-bond donors (Lipinski definition) is 3. The molecular weight excluding hydrogens is 498 g/mol. The van der Waals surface area contributed by atoms with Gasteiger partial charge in [-0.2, -0.15) is 10.2 Å². The minimum Gasteiger partial charge on any atom is -0.335 e. The molecular formula is C25H20BrN5O3. The van der Waals surface area contributed by atoms with E-state index in [1.165, 1.54) is 0 Å². The predicted molar refractivity (Wildman–Crippen MR) is 134 cm³/mol. The molecule has 4 aromatic rings. The molecule has 1 atom stereocenters. The molecule has 0 saturated carbocycles. The van der Waals surface area contributed by atoms with E-state index in [1.54, 1.807) is 61.5 Å². The number of amides is 2. The summed E-state index contributed by atoms with van der Waals surface area (Å²) < 4.78 is 0.878. The zero-order chi connectivity index (χ0) is 24.1. The minimum atomic E-state index is -1.21. The minimum absolute atomic E-state index is 0.201. The molecule has 0 bridgehead atoms. The molecule has 3 N–H and O–H groups in total. The van der Waals surface area contributed by atoms with Gasteiger partial charge < -0.3 is 5.32 Å². The van der Waals surface area contributed by atoms with E-state index in [9.17, 15) is 14.4 Å². The molecule has 34 heavy (non-hydrogen) atoms. The number of fused-ring (bicyclic) bond motifs is 1. The summed E-state index contributed by atoms with van der Waals surface area (Å²) in [6, 6.07) is 21.5. The molecule has 8 nitrogen and oxygen atoms in total. The summed E-state index contributed by atoms with van der Waals surface area (Å²) in [5, 5.41) is 14.2. The smallest absolute Gasteiger partial charge is 0.272 e. The lowest BCUT2D eigenvalue weighted by atomic mass is 10.0. The molecule has 0 radical (unpaired) electrons. The average Bonchev–Trinajstić information content (AvgIpc) is 2.87. The van der Waals surface area contributed by atoms with Gasteiger partial charge in [0, 0.05) is 15.4 Å². The van der Waals surface area contributed by atoms with Crippen molar-refractivity contribution in [3.8, 4) is 0 Å². The van der Waals surface area contributed by atoms with Crippen molar-refractivity contribution in [2.75, 3.05) is 0 Å². The van der Waals surface area contributed by atoms with Crippen molar-refractivity contribution in [1.82, 2.24) is 20.9 Å². The van der Waals surface area contributed by atoms with Gasteiger partial charge in [0.1, 0.15) is 5.69 Å². The zero-order valence-electron chi connectivity index (χ0n) is 18.1. The largest absolute Gasteiger partial charge is 0.335 e. The second-order valence-electron chi connectivity index (χ2n) is 7.44. The molecule has 0 saturated heterocycles. The van der Waals surface area contributed by atoms with Crippen LogP contribution in [-0.4, -0.2) is 27.7 Å². The lowest BCUT2D eigenvalue weighted by Gasteiger charge is -2.18. The Hall–Kier alpha value is -4.11. The molecule has 0 aliphatic carbocycles. The van der Waals surface area contributed by atoms with Gasteiger partial charge in [0.15, 0.2) is 6.04 Å². The van der Waals surface area contributed by atoms with E-state index in [0.717, 1.165) is 10.0 Å². The Morgan fingerprint density at radius 2 is 1.62 bits per heavy atom. The van der Waals surface area contributed by atoms with Gasteiger partial charge in [0.05, 0.1) is 11.1 Å². The van der Waals surface area contributed by atoms with Crippen LogP contribution < -0.4 is 16.3 Å². The molecule has 2 amide bonds. The quantitative estimate of drug-likeness (QED) is 0.267. The lowest BCUT2D eigenvalue weighted by molar-refractivity contribution is -0.123. The van der Waals surface area contributed by atoms with Gasteiger partial charge in [-0.25, -0.2) is 10.5 Å². The zero-order valence-corrected chi connectivity index (χ0v) is 19.7. The van der Waals surface area contributed by atoms with Crippen LogP contribution in [0.4, 0.5) is 0 Å². The van der Waals surface area contributed by atoms with Crippen LogP contribution in [0.5, 0.6) is 0 Å². The molecule has 1 aromatic heterocycles. The summed E-state index contributed by atoms with van der Waals surface area (Å²) in [6.07, 6.45) is 0. The number of H-pyrrole nitrogens is 1. The summed E-state index contributed by atoms with van der Waals surface area (Å²) in [7, 11) is 0. The molecule has 0 aliphatic heterocycles. The SMILES string of the molecule is CC(=NNC(=O)C(NC(=O)c1ccccc1)c1n[nH]c(=O)c2ccccc12)c1cccc(Br)c1. The van der Waals surface area contributed by atoms with Crippen molar-refractivity contribution in [2.24, 2.45) is 5.10 Å². The first kappa shape index (κ1) is 23.1. The van der Waals surface area contributed by atoms with Gasteiger partial charge in [-0.3, -0.25) is 14.4 Å². The van der Waals surface area contributed by atoms with E-state index in [0.29, 0.717) is 22.0 Å². The van der Waals surface area contributed by atoms with Crippen molar-refractivity contribution >= 4 is 44.2 Å². The predicted octanol–water partition coefficient (Wildman–Crippen LogP) is 3.70. The van der Waals surface area contributed by atoms with Gasteiger partial charge in [-0.05, 0) is 42.8 Å². The Bertz CT molecular complexity index is 1450. The second kappa shape index (κ2) is 10.2. The van der Waals surface area contributed by atoms with E-state index in [2.05, 4.69) is 42.0 Å². The van der Waals surface area contributed by atoms with Crippen molar-refractivity contribution in [2.45, 2.75) is 13.0 Å². The maximum Gasteiger partial charge on any atom is 0.272 e. The number of aromatic nitrogens is 2. The van der Waals surface area contributed by atoms with Gasteiger partial charge in [0.2, 0.25) is 0 Å². The number of nitrogens with zero attached hydrogens (tertiary/aromatic N) is 2. The molecule has 0 aliphatic rings. The van der Waals surface area contributed by atoms with Crippen LogP contribution in [-0.2, 0) is 4.79 Å². The lowest BCUT2D eigenvalue weighted by Crippen LogP contribution is -2.40. The summed E-state index contributed by atoms with van der Waals surface area (Å²) >= 11 is 3.42. The van der Waals surface area contributed by atoms with Crippen LogP contribution >= 0.6 is 15.9 Å². The third-order valence-electron chi connectivity index (χ3n) is 5.15. The molecule has 0 fully saturated rings. The van der Waals surface area contributed by atoms with E-state index >= 15 is 0 Å². The Kier molecular flexibility index (Phi) is 6.93. The van der Waals surface area contributed by atoms with Crippen LogP contribution in [0.25, 0.3) is 10.8 Å². The van der Waals surface area contributed by atoms with Crippen LogP contribution in [0.15, 0.2) is 93.2 Å². The van der Waals surface area contributed by atoms with Crippen molar-refractivity contribution < 1.29 is 9.59 Å².